The lowest BCUT2D eigenvalue weighted by atomic mass is 10.0. The zero-order chi connectivity index (χ0) is 13.7. The van der Waals surface area contributed by atoms with Crippen molar-refractivity contribution in [1.82, 2.24) is 10.2 Å². The van der Waals surface area contributed by atoms with Crippen molar-refractivity contribution in [3.05, 3.63) is 34.6 Å². The number of rotatable bonds is 5. The van der Waals surface area contributed by atoms with E-state index in [4.69, 9.17) is 11.6 Å². The predicted octanol–water partition coefficient (Wildman–Crippen LogP) is 3.44. The van der Waals surface area contributed by atoms with E-state index in [-0.39, 0.29) is 5.82 Å². The first kappa shape index (κ1) is 14.8. The van der Waals surface area contributed by atoms with E-state index in [1.165, 1.54) is 18.9 Å². The van der Waals surface area contributed by atoms with Crippen molar-refractivity contribution in [2.45, 2.75) is 38.8 Å². The van der Waals surface area contributed by atoms with E-state index in [1.807, 2.05) is 0 Å². The van der Waals surface area contributed by atoms with Crippen LogP contribution in [0.15, 0.2) is 18.2 Å². The van der Waals surface area contributed by atoms with Crippen molar-refractivity contribution < 1.29 is 4.39 Å². The molecule has 106 valence electrons. The average molecular weight is 285 g/mol. The van der Waals surface area contributed by atoms with Gasteiger partial charge in [0.05, 0.1) is 0 Å². The summed E-state index contributed by atoms with van der Waals surface area (Å²) >= 11 is 6.17. The summed E-state index contributed by atoms with van der Waals surface area (Å²) in [4.78, 5) is 2.42. The lowest BCUT2D eigenvalue weighted by Crippen LogP contribution is -2.45. The second-order valence-electron chi connectivity index (χ2n) is 5.21. The molecule has 2 rings (SSSR count). The van der Waals surface area contributed by atoms with Crippen molar-refractivity contribution in [3.63, 3.8) is 0 Å². The first-order chi connectivity index (χ1) is 9.20. The number of halogens is 2. The van der Waals surface area contributed by atoms with Gasteiger partial charge in [0.2, 0.25) is 0 Å². The summed E-state index contributed by atoms with van der Waals surface area (Å²) in [5.74, 6) is -0.211. The van der Waals surface area contributed by atoms with Crippen molar-refractivity contribution >= 4 is 11.6 Å². The molecule has 19 heavy (non-hydrogen) atoms. The Balaban J connectivity index is 2.08. The van der Waals surface area contributed by atoms with Gasteiger partial charge in [-0.3, -0.25) is 4.90 Å². The molecule has 4 heteroatoms. The van der Waals surface area contributed by atoms with Crippen LogP contribution < -0.4 is 5.32 Å². The highest BCUT2D eigenvalue weighted by atomic mass is 35.5. The van der Waals surface area contributed by atoms with Crippen LogP contribution >= 0.6 is 11.6 Å². The fourth-order valence-corrected chi connectivity index (χ4v) is 2.88. The zero-order valence-corrected chi connectivity index (χ0v) is 12.2. The molecular weight excluding hydrogens is 263 g/mol. The third-order valence-electron chi connectivity index (χ3n) is 3.68. The van der Waals surface area contributed by atoms with Gasteiger partial charge in [-0.25, -0.2) is 4.39 Å². The summed E-state index contributed by atoms with van der Waals surface area (Å²) in [5.41, 5.74) is 0.890. The quantitative estimate of drug-likeness (QED) is 0.891. The lowest BCUT2D eigenvalue weighted by Gasteiger charge is -2.34. The number of hydrogen-bond donors (Lipinski definition) is 1. The molecule has 1 heterocycles. The Morgan fingerprint density at radius 1 is 1.47 bits per heavy atom. The zero-order valence-electron chi connectivity index (χ0n) is 11.5. The van der Waals surface area contributed by atoms with Crippen molar-refractivity contribution in [2.75, 3.05) is 19.6 Å². The first-order valence-electron chi connectivity index (χ1n) is 7.09. The molecule has 0 aromatic heterocycles. The molecule has 1 aromatic carbocycles. The minimum absolute atomic E-state index is 0.211. The average Bonchev–Trinajstić information content (AvgIpc) is 2.43. The number of benzene rings is 1. The van der Waals surface area contributed by atoms with E-state index >= 15 is 0 Å². The topological polar surface area (TPSA) is 15.3 Å². The van der Waals surface area contributed by atoms with E-state index in [9.17, 15) is 4.39 Å². The molecule has 0 aliphatic carbocycles. The Labute approximate surface area is 119 Å². The molecule has 0 spiro atoms. The Hall–Kier alpha value is -0.640. The van der Waals surface area contributed by atoms with Gasteiger partial charge in [-0.15, -0.1) is 0 Å². The largest absolute Gasteiger partial charge is 0.315 e. The first-order valence-corrected chi connectivity index (χ1v) is 7.47. The van der Waals surface area contributed by atoms with Crippen molar-refractivity contribution in [3.8, 4) is 0 Å². The molecule has 1 atom stereocenters. The van der Waals surface area contributed by atoms with E-state index in [2.05, 4.69) is 17.1 Å². The summed E-state index contributed by atoms with van der Waals surface area (Å²) in [5, 5.41) is 4.10. The van der Waals surface area contributed by atoms with E-state index in [0.717, 1.165) is 38.2 Å². The van der Waals surface area contributed by atoms with E-state index in [0.29, 0.717) is 11.1 Å². The van der Waals surface area contributed by atoms with Crippen molar-refractivity contribution in [2.24, 2.45) is 0 Å². The highest BCUT2D eigenvalue weighted by molar-refractivity contribution is 6.31. The number of hydrogen-bond acceptors (Lipinski definition) is 2. The van der Waals surface area contributed by atoms with Crippen LogP contribution in [0.4, 0.5) is 4.39 Å². The van der Waals surface area contributed by atoms with Crippen LogP contribution in [0.5, 0.6) is 0 Å². The van der Waals surface area contributed by atoms with Gasteiger partial charge in [-0.05, 0) is 56.1 Å². The van der Waals surface area contributed by atoms with Crippen LogP contribution in [0, 0.1) is 5.82 Å². The predicted molar refractivity (Wildman–Crippen MR) is 78.0 cm³/mol. The summed E-state index contributed by atoms with van der Waals surface area (Å²) in [6.45, 7) is 6.07. The highest BCUT2D eigenvalue weighted by Gasteiger charge is 2.21. The van der Waals surface area contributed by atoms with Crippen molar-refractivity contribution in [1.29, 1.82) is 0 Å². The third kappa shape index (κ3) is 4.16. The third-order valence-corrected chi connectivity index (χ3v) is 4.05. The molecule has 0 radical (unpaired) electrons. The molecule has 1 aromatic rings. The van der Waals surface area contributed by atoms with Crippen LogP contribution in [0.25, 0.3) is 0 Å². The monoisotopic (exact) mass is 284 g/mol. The molecule has 0 bridgehead atoms. The Morgan fingerprint density at radius 2 is 2.32 bits per heavy atom. The minimum atomic E-state index is -0.211. The molecule has 2 nitrogen and oxygen atoms in total. The van der Waals surface area contributed by atoms with Gasteiger partial charge in [-0.2, -0.15) is 0 Å². The lowest BCUT2D eigenvalue weighted by molar-refractivity contribution is 0.158. The van der Waals surface area contributed by atoms with Crippen LogP contribution in [-0.2, 0) is 6.54 Å². The summed E-state index contributed by atoms with van der Waals surface area (Å²) < 4.78 is 13.3. The highest BCUT2D eigenvalue weighted by Crippen LogP contribution is 2.21. The van der Waals surface area contributed by atoms with Gasteiger partial charge in [0.15, 0.2) is 0 Å². The van der Waals surface area contributed by atoms with E-state index in [1.54, 1.807) is 12.1 Å². The molecule has 1 unspecified atom stereocenters. The van der Waals surface area contributed by atoms with Gasteiger partial charge >= 0.3 is 0 Å². The molecule has 0 amide bonds. The SMILES string of the molecule is CCCN(Cc1cc(F)ccc1Cl)C1CCCNC1. The molecule has 1 N–H and O–H groups in total. The maximum absolute atomic E-state index is 13.3. The standard InChI is InChI=1S/C15H22ClFN2/c1-2-8-19(14-4-3-7-18-10-14)11-12-9-13(17)5-6-15(12)16/h5-6,9,14,18H,2-4,7-8,10-11H2,1H3. The van der Waals surface area contributed by atoms with Crippen LogP contribution in [0.3, 0.4) is 0 Å². The van der Waals surface area contributed by atoms with Crippen LogP contribution in [0.1, 0.15) is 31.7 Å². The fourth-order valence-electron chi connectivity index (χ4n) is 2.71. The molecule has 1 saturated heterocycles. The number of piperidine rings is 1. The van der Waals surface area contributed by atoms with Crippen LogP contribution in [0.2, 0.25) is 5.02 Å². The Kier molecular flexibility index (Phi) is 5.61. The fraction of sp³-hybridized carbons (Fsp3) is 0.600. The molecular formula is C15H22ClFN2. The minimum Gasteiger partial charge on any atom is -0.315 e. The van der Waals surface area contributed by atoms with Gasteiger partial charge in [0.25, 0.3) is 0 Å². The summed E-state index contributed by atoms with van der Waals surface area (Å²) in [6.07, 6.45) is 3.52. The second kappa shape index (κ2) is 7.22. The molecule has 1 fully saturated rings. The molecule has 1 aliphatic heterocycles. The van der Waals surface area contributed by atoms with Gasteiger partial charge < -0.3 is 5.32 Å². The van der Waals surface area contributed by atoms with Crippen LogP contribution in [-0.4, -0.2) is 30.6 Å². The van der Waals surface area contributed by atoms with Gasteiger partial charge in [-0.1, -0.05) is 18.5 Å². The second-order valence-corrected chi connectivity index (χ2v) is 5.61. The van der Waals surface area contributed by atoms with Gasteiger partial charge in [0, 0.05) is 24.2 Å². The number of nitrogens with one attached hydrogen (secondary N) is 1. The normalized spacial score (nSPS) is 19.9. The Morgan fingerprint density at radius 3 is 3.00 bits per heavy atom. The van der Waals surface area contributed by atoms with Gasteiger partial charge in [0.1, 0.15) is 5.82 Å². The maximum Gasteiger partial charge on any atom is 0.123 e. The maximum atomic E-state index is 13.3. The van der Waals surface area contributed by atoms with E-state index < -0.39 is 0 Å². The smallest absolute Gasteiger partial charge is 0.123 e. The molecule has 1 aliphatic rings. The summed E-state index contributed by atoms with van der Waals surface area (Å²) in [6, 6.07) is 5.16. The molecule has 0 saturated carbocycles. The Bertz CT molecular complexity index is 405. The number of nitrogens with zero attached hydrogens (tertiary/aromatic N) is 1. The summed E-state index contributed by atoms with van der Waals surface area (Å²) in [7, 11) is 0.